The van der Waals surface area contributed by atoms with Crippen molar-refractivity contribution in [2.75, 3.05) is 13.1 Å². The third-order valence-electron chi connectivity index (χ3n) is 3.78. The number of carbonyl (C=O) groups excluding carboxylic acids is 1. The van der Waals surface area contributed by atoms with Gasteiger partial charge in [0.15, 0.2) is 0 Å². The molecule has 1 aliphatic heterocycles. The molecule has 0 unspecified atom stereocenters. The number of piperidine rings is 1. The maximum Gasteiger partial charge on any atom is 0.407 e. The lowest BCUT2D eigenvalue weighted by atomic mass is 10.1. The Hall–Kier alpha value is -1.26. The standard InChI is InChI=1S/C14H18N2O2.ClH/c17-14(18-9-10-4-2-1-3-5-10)16-13-8-15-7-11-6-12(11)13;/h1-5,11-13,15H,6-9H2,(H,16,17);1H/t11-,12-,13+;/m1./s1. The van der Waals surface area contributed by atoms with Gasteiger partial charge in [-0.2, -0.15) is 0 Å². The van der Waals surface area contributed by atoms with Crippen LogP contribution in [0.3, 0.4) is 0 Å². The number of halogens is 1. The van der Waals surface area contributed by atoms with Gasteiger partial charge >= 0.3 is 6.09 Å². The average Bonchev–Trinajstić information content (AvgIpc) is 3.18. The van der Waals surface area contributed by atoms with E-state index in [1.807, 2.05) is 30.3 Å². The van der Waals surface area contributed by atoms with Crippen LogP contribution in [0.5, 0.6) is 0 Å². The summed E-state index contributed by atoms with van der Waals surface area (Å²) >= 11 is 0. The van der Waals surface area contributed by atoms with Crippen LogP contribution < -0.4 is 10.6 Å². The highest BCUT2D eigenvalue weighted by molar-refractivity contribution is 5.85. The molecule has 2 N–H and O–H groups in total. The number of benzene rings is 1. The Labute approximate surface area is 119 Å². The Kier molecular flexibility index (Phi) is 4.66. The minimum Gasteiger partial charge on any atom is -0.445 e. The van der Waals surface area contributed by atoms with E-state index >= 15 is 0 Å². The second-order valence-electron chi connectivity index (χ2n) is 5.13. The van der Waals surface area contributed by atoms with Crippen molar-refractivity contribution in [3.05, 3.63) is 35.9 Å². The predicted molar refractivity (Wildman–Crippen MR) is 75.3 cm³/mol. The van der Waals surface area contributed by atoms with Gasteiger partial charge in [0.2, 0.25) is 0 Å². The van der Waals surface area contributed by atoms with E-state index in [9.17, 15) is 4.79 Å². The summed E-state index contributed by atoms with van der Waals surface area (Å²) in [4.78, 5) is 11.7. The van der Waals surface area contributed by atoms with Crippen LogP contribution in [0.25, 0.3) is 0 Å². The van der Waals surface area contributed by atoms with Crippen molar-refractivity contribution in [2.24, 2.45) is 11.8 Å². The van der Waals surface area contributed by atoms with Crippen molar-refractivity contribution >= 4 is 18.5 Å². The average molecular weight is 283 g/mol. The van der Waals surface area contributed by atoms with E-state index in [1.165, 1.54) is 6.42 Å². The molecule has 104 valence electrons. The van der Waals surface area contributed by atoms with E-state index in [0.717, 1.165) is 24.6 Å². The molecule has 0 spiro atoms. The van der Waals surface area contributed by atoms with E-state index in [0.29, 0.717) is 12.5 Å². The third-order valence-corrected chi connectivity index (χ3v) is 3.78. The van der Waals surface area contributed by atoms with E-state index in [1.54, 1.807) is 0 Å². The van der Waals surface area contributed by atoms with E-state index < -0.39 is 0 Å². The molecule has 0 aromatic heterocycles. The molecule has 0 bridgehead atoms. The first-order valence-corrected chi connectivity index (χ1v) is 6.51. The molecule has 1 aliphatic carbocycles. The first-order chi connectivity index (χ1) is 8.83. The number of rotatable bonds is 3. The monoisotopic (exact) mass is 282 g/mol. The Bertz CT molecular complexity index is 427. The molecule has 19 heavy (non-hydrogen) atoms. The second kappa shape index (κ2) is 6.26. The van der Waals surface area contributed by atoms with Crippen LogP contribution in [-0.4, -0.2) is 25.2 Å². The highest BCUT2D eigenvalue weighted by Crippen LogP contribution is 2.42. The van der Waals surface area contributed by atoms with Crippen molar-refractivity contribution in [1.82, 2.24) is 10.6 Å². The zero-order chi connectivity index (χ0) is 12.4. The van der Waals surface area contributed by atoms with Crippen molar-refractivity contribution in [2.45, 2.75) is 19.1 Å². The van der Waals surface area contributed by atoms with Crippen LogP contribution in [-0.2, 0) is 11.3 Å². The molecule has 1 aromatic carbocycles. The van der Waals surface area contributed by atoms with Gasteiger partial charge in [0.25, 0.3) is 0 Å². The summed E-state index contributed by atoms with van der Waals surface area (Å²) < 4.78 is 5.22. The minimum atomic E-state index is -0.307. The lowest BCUT2D eigenvalue weighted by Crippen LogP contribution is -2.47. The SMILES string of the molecule is Cl.O=C(N[C@H]1CNC[C@H]2C[C@H]21)OCc1ccccc1. The van der Waals surface area contributed by atoms with Gasteiger partial charge in [0, 0.05) is 12.6 Å². The number of ether oxygens (including phenoxy) is 1. The summed E-state index contributed by atoms with van der Waals surface area (Å²) in [5.74, 6) is 1.42. The lowest BCUT2D eigenvalue weighted by molar-refractivity contribution is 0.133. The van der Waals surface area contributed by atoms with Gasteiger partial charge in [-0.1, -0.05) is 30.3 Å². The minimum absolute atomic E-state index is 0. The van der Waals surface area contributed by atoms with Gasteiger partial charge in [-0.3, -0.25) is 0 Å². The Balaban J connectivity index is 0.00000133. The molecular formula is C14H19ClN2O2. The molecular weight excluding hydrogens is 264 g/mol. The summed E-state index contributed by atoms with van der Waals surface area (Å²) in [5, 5.41) is 6.29. The van der Waals surface area contributed by atoms with Crippen molar-refractivity contribution in [3.8, 4) is 0 Å². The fourth-order valence-electron chi connectivity index (χ4n) is 2.65. The molecule has 0 radical (unpaired) electrons. The van der Waals surface area contributed by atoms with Crippen molar-refractivity contribution in [1.29, 1.82) is 0 Å². The quantitative estimate of drug-likeness (QED) is 0.891. The van der Waals surface area contributed by atoms with Crippen LogP contribution in [0.15, 0.2) is 30.3 Å². The Morgan fingerprint density at radius 2 is 2.11 bits per heavy atom. The highest BCUT2D eigenvalue weighted by Gasteiger charge is 2.45. The molecule has 1 aromatic rings. The number of nitrogens with one attached hydrogen (secondary N) is 2. The molecule has 3 rings (SSSR count). The zero-order valence-electron chi connectivity index (χ0n) is 10.7. The molecule has 2 fully saturated rings. The summed E-state index contributed by atoms with van der Waals surface area (Å²) in [6.07, 6.45) is 0.926. The van der Waals surface area contributed by atoms with Crippen LogP contribution >= 0.6 is 12.4 Å². The molecule has 1 heterocycles. The summed E-state index contributed by atoms with van der Waals surface area (Å²) in [5.41, 5.74) is 1.01. The number of hydrogen-bond acceptors (Lipinski definition) is 3. The third kappa shape index (κ3) is 3.61. The van der Waals surface area contributed by atoms with Crippen molar-refractivity contribution < 1.29 is 9.53 Å². The summed E-state index contributed by atoms with van der Waals surface area (Å²) in [7, 11) is 0. The van der Waals surface area contributed by atoms with Crippen LogP contribution in [0.2, 0.25) is 0 Å². The summed E-state index contributed by atoms with van der Waals surface area (Å²) in [6.45, 7) is 2.30. The fraction of sp³-hybridized carbons (Fsp3) is 0.500. The van der Waals surface area contributed by atoms with E-state index in [2.05, 4.69) is 10.6 Å². The molecule has 5 heteroatoms. The first kappa shape index (κ1) is 14.2. The second-order valence-corrected chi connectivity index (χ2v) is 5.13. The molecule has 2 aliphatic rings. The fourth-order valence-corrected chi connectivity index (χ4v) is 2.65. The highest BCUT2D eigenvalue weighted by atomic mass is 35.5. The normalized spacial score (nSPS) is 27.7. The lowest BCUT2D eigenvalue weighted by Gasteiger charge is -2.23. The van der Waals surface area contributed by atoms with Gasteiger partial charge in [-0.05, 0) is 30.4 Å². The molecule has 3 atom stereocenters. The number of carbonyl (C=O) groups is 1. The summed E-state index contributed by atoms with van der Waals surface area (Å²) in [6, 6.07) is 9.97. The number of alkyl carbamates (subject to hydrolysis) is 1. The van der Waals surface area contributed by atoms with Crippen LogP contribution in [0, 0.1) is 11.8 Å². The maximum absolute atomic E-state index is 11.7. The van der Waals surface area contributed by atoms with Crippen LogP contribution in [0.4, 0.5) is 4.79 Å². The Morgan fingerprint density at radius 1 is 1.32 bits per heavy atom. The van der Waals surface area contributed by atoms with Gasteiger partial charge in [-0.15, -0.1) is 12.4 Å². The smallest absolute Gasteiger partial charge is 0.407 e. The largest absolute Gasteiger partial charge is 0.445 e. The molecule has 1 amide bonds. The van der Waals surface area contributed by atoms with Gasteiger partial charge in [0.05, 0.1) is 0 Å². The number of fused-ring (bicyclic) bond motifs is 1. The first-order valence-electron chi connectivity index (χ1n) is 6.51. The molecule has 1 saturated carbocycles. The number of amides is 1. The van der Waals surface area contributed by atoms with Crippen molar-refractivity contribution in [3.63, 3.8) is 0 Å². The van der Waals surface area contributed by atoms with Gasteiger partial charge in [-0.25, -0.2) is 4.79 Å². The molecule has 1 saturated heterocycles. The van der Waals surface area contributed by atoms with Crippen LogP contribution in [0.1, 0.15) is 12.0 Å². The Morgan fingerprint density at radius 3 is 2.89 bits per heavy atom. The van der Waals surface area contributed by atoms with E-state index in [4.69, 9.17) is 4.74 Å². The van der Waals surface area contributed by atoms with Gasteiger partial charge < -0.3 is 15.4 Å². The maximum atomic E-state index is 11.7. The topological polar surface area (TPSA) is 50.4 Å². The van der Waals surface area contributed by atoms with E-state index in [-0.39, 0.29) is 24.5 Å². The zero-order valence-corrected chi connectivity index (χ0v) is 11.5. The van der Waals surface area contributed by atoms with Gasteiger partial charge in [0.1, 0.15) is 6.61 Å². The predicted octanol–water partition coefficient (Wildman–Crippen LogP) is 1.94. The number of hydrogen-bond donors (Lipinski definition) is 2. The molecule has 4 nitrogen and oxygen atoms in total.